The van der Waals surface area contributed by atoms with Gasteiger partial charge >= 0.3 is 0 Å². The zero-order valence-corrected chi connectivity index (χ0v) is 15.6. The van der Waals surface area contributed by atoms with E-state index in [0.29, 0.717) is 12.8 Å². The van der Waals surface area contributed by atoms with Crippen molar-refractivity contribution in [3.63, 3.8) is 0 Å². The van der Waals surface area contributed by atoms with Crippen molar-refractivity contribution in [1.29, 1.82) is 0 Å². The van der Waals surface area contributed by atoms with Gasteiger partial charge in [-0.15, -0.1) is 0 Å². The minimum absolute atomic E-state index is 0.0569. The van der Waals surface area contributed by atoms with E-state index in [1.807, 2.05) is 44.6 Å². The van der Waals surface area contributed by atoms with Crippen molar-refractivity contribution in [2.75, 3.05) is 0 Å². The normalized spacial score (nSPS) is 12.5. The smallest absolute Gasteiger partial charge is 0.220 e. The van der Waals surface area contributed by atoms with Gasteiger partial charge in [-0.1, -0.05) is 19.9 Å². The number of carbonyl (C=O) groups is 1. The van der Waals surface area contributed by atoms with Gasteiger partial charge in [0.05, 0.1) is 17.4 Å². The third kappa shape index (κ3) is 4.02. The molecule has 0 saturated heterocycles. The molecule has 0 saturated carbocycles. The Morgan fingerprint density at radius 1 is 1.29 bits per heavy atom. The summed E-state index contributed by atoms with van der Waals surface area (Å²) in [6.07, 6.45) is 2.96. The van der Waals surface area contributed by atoms with Crippen LogP contribution < -0.4 is 5.32 Å². The van der Waals surface area contributed by atoms with Gasteiger partial charge in [-0.3, -0.25) is 14.5 Å². The lowest BCUT2D eigenvalue weighted by Crippen LogP contribution is -2.33. The Labute approximate surface area is 144 Å². The fourth-order valence-electron chi connectivity index (χ4n) is 3.04. The molecule has 2 aromatic rings. The van der Waals surface area contributed by atoms with Crippen LogP contribution in [0.15, 0.2) is 18.3 Å². The van der Waals surface area contributed by atoms with Crippen molar-refractivity contribution in [3.8, 4) is 0 Å². The number of rotatable bonds is 6. The fraction of sp³-hybridized carbons (Fsp3) is 0.526. The van der Waals surface area contributed by atoms with E-state index in [2.05, 4.69) is 29.2 Å². The summed E-state index contributed by atoms with van der Waals surface area (Å²) in [5.41, 5.74) is 5.36. The lowest BCUT2D eigenvalue weighted by molar-refractivity contribution is -0.122. The van der Waals surface area contributed by atoms with E-state index < -0.39 is 0 Å². The maximum atomic E-state index is 12.5. The average Bonchev–Trinajstić information content (AvgIpc) is 2.76. The number of hydrogen-bond donors (Lipinski definition) is 1. The number of carbonyl (C=O) groups excluding carboxylic acids is 1. The molecule has 0 bridgehead atoms. The van der Waals surface area contributed by atoms with Crippen molar-refractivity contribution in [2.24, 2.45) is 13.0 Å². The third-order valence-corrected chi connectivity index (χ3v) is 4.59. The number of aryl methyl sites for hydroxylation is 3. The van der Waals surface area contributed by atoms with E-state index >= 15 is 0 Å². The number of aromatic nitrogens is 3. The molecule has 0 aliphatic heterocycles. The van der Waals surface area contributed by atoms with Gasteiger partial charge in [0.2, 0.25) is 5.91 Å². The van der Waals surface area contributed by atoms with Crippen LogP contribution in [0.3, 0.4) is 0 Å². The molecule has 1 N–H and O–H groups in total. The topological polar surface area (TPSA) is 59.8 Å². The number of pyridine rings is 1. The van der Waals surface area contributed by atoms with Gasteiger partial charge in [-0.05, 0) is 50.3 Å². The van der Waals surface area contributed by atoms with Crippen LogP contribution in [0.2, 0.25) is 0 Å². The first-order valence-corrected chi connectivity index (χ1v) is 8.51. The Morgan fingerprint density at radius 3 is 2.54 bits per heavy atom. The van der Waals surface area contributed by atoms with Crippen LogP contribution in [0.1, 0.15) is 54.5 Å². The van der Waals surface area contributed by atoms with Crippen molar-refractivity contribution in [3.05, 3.63) is 46.5 Å². The van der Waals surface area contributed by atoms with E-state index in [-0.39, 0.29) is 17.9 Å². The number of amides is 1. The van der Waals surface area contributed by atoms with Crippen molar-refractivity contribution in [2.45, 2.75) is 53.5 Å². The van der Waals surface area contributed by atoms with E-state index in [1.54, 1.807) is 6.20 Å². The Balaban J connectivity index is 2.05. The highest BCUT2D eigenvalue weighted by Crippen LogP contribution is 2.23. The highest BCUT2D eigenvalue weighted by molar-refractivity contribution is 5.76. The summed E-state index contributed by atoms with van der Waals surface area (Å²) in [7, 11) is 1.94. The molecule has 0 radical (unpaired) electrons. The maximum absolute atomic E-state index is 12.5. The van der Waals surface area contributed by atoms with E-state index in [9.17, 15) is 4.79 Å². The maximum Gasteiger partial charge on any atom is 0.220 e. The van der Waals surface area contributed by atoms with E-state index in [0.717, 1.165) is 22.6 Å². The summed E-state index contributed by atoms with van der Waals surface area (Å²) in [4.78, 5) is 17.0. The van der Waals surface area contributed by atoms with Crippen LogP contribution in [-0.2, 0) is 18.3 Å². The molecule has 2 rings (SSSR count). The molecule has 5 heteroatoms. The molecule has 0 fully saturated rings. The fourth-order valence-corrected chi connectivity index (χ4v) is 3.04. The van der Waals surface area contributed by atoms with Gasteiger partial charge in [0.15, 0.2) is 0 Å². The van der Waals surface area contributed by atoms with Gasteiger partial charge in [0.25, 0.3) is 0 Å². The molecule has 0 unspecified atom stereocenters. The van der Waals surface area contributed by atoms with Crippen molar-refractivity contribution < 1.29 is 4.79 Å². The molecule has 2 aromatic heterocycles. The van der Waals surface area contributed by atoms with Crippen LogP contribution >= 0.6 is 0 Å². The Hall–Kier alpha value is -2.17. The molecule has 0 aliphatic rings. The summed E-state index contributed by atoms with van der Waals surface area (Å²) in [5, 5.41) is 7.57. The largest absolute Gasteiger partial charge is 0.347 e. The van der Waals surface area contributed by atoms with Crippen LogP contribution in [0.5, 0.6) is 0 Å². The van der Waals surface area contributed by atoms with E-state index in [1.165, 1.54) is 5.56 Å². The molecule has 1 amide bonds. The van der Waals surface area contributed by atoms with Crippen LogP contribution in [0, 0.1) is 26.7 Å². The molecule has 1 atom stereocenters. The average molecular weight is 328 g/mol. The van der Waals surface area contributed by atoms with Crippen molar-refractivity contribution in [1.82, 2.24) is 20.1 Å². The van der Waals surface area contributed by atoms with E-state index in [4.69, 9.17) is 0 Å². The second-order valence-electron chi connectivity index (χ2n) is 6.77. The predicted molar refractivity (Wildman–Crippen MR) is 95.7 cm³/mol. The van der Waals surface area contributed by atoms with Gasteiger partial charge < -0.3 is 5.32 Å². The predicted octanol–water partition coefficient (Wildman–Crippen LogP) is 3.19. The van der Waals surface area contributed by atoms with Crippen molar-refractivity contribution >= 4 is 5.91 Å². The molecule has 24 heavy (non-hydrogen) atoms. The summed E-state index contributed by atoms with van der Waals surface area (Å²) >= 11 is 0. The van der Waals surface area contributed by atoms with Gasteiger partial charge in [-0.25, -0.2) is 0 Å². The number of hydrogen-bond acceptors (Lipinski definition) is 3. The third-order valence-electron chi connectivity index (χ3n) is 4.59. The zero-order valence-electron chi connectivity index (χ0n) is 15.6. The van der Waals surface area contributed by atoms with Gasteiger partial charge in [0.1, 0.15) is 0 Å². The first-order valence-electron chi connectivity index (χ1n) is 8.51. The highest BCUT2D eigenvalue weighted by Gasteiger charge is 2.21. The molecule has 0 aromatic carbocycles. The summed E-state index contributed by atoms with van der Waals surface area (Å²) in [5.74, 6) is 0.339. The van der Waals surface area contributed by atoms with Gasteiger partial charge in [-0.2, -0.15) is 5.10 Å². The Morgan fingerprint density at radius 2 is 2.00 bits per heavy atom. The Kier molecular flexibility index (Phi) is 5.75. The minimum atomic E-state index is -0.0604. The van der Waals surface area contributed by atoms with Crippen LogP contribution in [0.25, 0.3) is 0 Å². The molecule has 130 valence electrons. The van der Waals surface area contributed by atoms with Crippen LogP contribution in [-0.4, -0.2) is 20.7 Å². The first kappa shape index (κ1) is 18.2. The van der Waals surface area contributed by atoms with Gasteiger partial charge in [0, 0.05) is 25.4 Å². The lowest BCUT2D eigenvalue weighted by atomic mass is 9.97. The highest BCUT2D eigenvalue weighted by atomic mass is 16.1. The standard InChI is InChI=1S/C19H28N4O/c1-12(2)18(19-13(3)8-7-11-20-19)21-17(24)10-9-16-14(4)22-23(6)15(16)5/h7-8,11-12,18H,9-10H2,1-6H3,(H,21,24)/t18-/m0/s1. The molecule has 2 heterocycles. The molecule has 0 aliphatic carbocycles. The zero-order chi connectivity index (χ0) is 17.9. The SMILES string of the molecule is Cc1cccnc1[C@@H](NC(=O)CCc1c(C)nn(C)c1C)C(C)C. The summed E-state index contributed by atoms with van der Waals surface area (Å²) in [6, 6.07) is 3.90. The molecule has 0 spiro atoms. The number of nitrogens with one attached hydrogen (secondary N) is 1. The first-order chi connectivity index (χ1) is 11.3. The lowest BCUT2D eigenvalue weighted by Gasteiger charge is -2.23. The summed E-state index contributed by atoms with van der Waals surface area (Å²) in [6.45, 7) is 10.3. The Bertz CT molecular complexity index is 718. The summed E-state index contributed by atoms with van der Waals surface area (Å²) < 4.78 is 1.87. The molecular formula is C19H28N4O. The molecular weight excluding hydrogens is 300 g/mol. The monoisotopic (exact) mass is 328 g/mol. The van der Waals surface area contributed by atoms with Crippen LogP contribution in [0.4, 0.5) is 0 Å². The quantitative estimate of drug-likeness (QED) is 0.886. The molecule has 5 nitrogen and oxygen atoms in total. The second kappa shape index (κ2) is 7.60. The number of nitrogens with zero attached hydrogens (tertiary/aromatic N) is 3. The second-order valence-corrected chi connectivity index (χ2v) is 6.77. The minimum Gasteiger partial charge on any atom is -0.347 e.